The van der Waals surface area contributed by atoms with Crippen LogP contribution >= 0.6 is 0 Å². The van der Waals surface area contributed by atoms with E-state index >= 15 is 0 Å². The number of nitrogens with zero attached hydrogens (tertiary/aromatic N) is 2. The van der Waals surface area contributed by atoms with Crippen molar-refractivity contribution in [2.45, 2.75) is 26.3 Å². The minimum atomic E-state index is -0.0702. The molecule has 1 atom stereocenters. The van der Waals surface area contributed by atoms with Crippen molar-refractivity contribution in [3.05, 3.63) is 23.5 Å². The average molecular weight is 293 g/mol. The molecule has 1 fully saturated rings. The number of aliphatic hydroxyl groups excluding tert-OH is 1. The summed E-state index contributed by atoms with van der Waals surface area (Å²) in [4.78, 5) is 30.5. The first-order valence-corrected chi connectivity index (χ1v) is 7.40. The van der Waals surface area contributed by atoms with Crippen LogP contribution < -0.4 is 0 Å². The Morgan fingerprint density at radius 3 is 2.48 bits per heavy atom. The van der Waals surface area contributed by atoms with E-state index in [0.29, 0.717) is 24.3 Å². The second-order valence-electron chi connectivity index (χ2n) is 5.43. The lowest BCUT2D eigenvalue weighted by Gasteiger charge is -2.38. The van der Waals surface area contributed by atoms with Crippen LogP contribution in [0.1, 0.15) is 41.1 Å². The van der Waals surface area contributed by atoms with E-state index in [4.69, 9.17) is 0 Å². The predicted octanol–water partition coefficient (Wildman–Crippen LogP) is 0.746. The van der Waals surface area contributed by atoms with Gasteiger partial charge < -0.3 is 15.0 Å². The van der Waals surface area contributed by atoms with Crippen molar-refractivity contribution in [1.29, 1.82) is 0 Å². The quantitative estimate of drug-likeness (QED) is 0.785. The molecular formula is C15H23N3O3. The number of aromatic amines is 1. The molecule has 2 N–H and O–H groups in total. The maximum atomic E-state index is 12.4. The van der Waals surface area contributed by atoms with Gasteiger partial charge >= 0.3 is 0 Å². The number of aromatic nitrogens is 1. The van der Waals surface area contributed by atoms with Crippen LogP contribution in [0.2, 0.25) is 0 Å². The average Bonchev–Trinajstić information content (AvgIpc) is 2.98. The third-order valence-corrected chi connectivity index (χ3v) is 4.12. The van der Waals surface area contributed by atoms with E-state index in [0.717, 1.165) is 19.5 Å². The number of piperazine rings is 1. The Balaban J connectivity index is 1.95. The molecule has 0 radical (unpaired) electrons. The summed E-state index contributed by atoms with van der Waals surface area (Å²) in [5.41, 5.74) is 0.992. The van der Waals surface area contributed by atoms with E-state index in [1.807, 2.05) is 0 Å². The van der Waals surface area contributed by atoms with Gasteiger partial charge in [-0.25, -0.2) is 0 Å². The number of H-pyrrole nitrogens is 1. The summed E-state index contributed by atoms with van der Waals surface area (Å²) in [7, 11) is 0. The molecule has 116 valence electrons. The van der Waals surface area contributed by atoms with Gasteiger partial charge in [0.1, 0.15) is 5.69 Å². The summed E-state index contributed by atoms with van der Waals surface area (Å²) in [5.74, 6) is -0.122. The SMILES string of the molecule is CCC(CO)N1CCN(C(=O)c2cc(C(C)=O)c[nH]2)CC1. The van der Waals surface area contributed by atoms with Crippen LogP contribution in [0.4, 0.5) is 0 Å². The number of aliphatic hydroxyl groups is 1. The Morgan fingerprint density at radius 1 is 1.33 bits per heavy atom. The minimum Gasteiger partial charge on any atom is -0.395 e. The van der Waals surface area contributed by atoms with E-state index in [-0.39, 0.29) is 24.3 Å². The molecule has 0 saturated carbocycles. The first kappa shape index (κ1) is 15.7. The van der Waals surface area contributed by atoms with E-state index in [2.05, 4.69) is 16.8 Å². The minimum absolute atomic E-state index is 0.0520. The molecule has 1 unspecified atom stereocenters. The van der Waals surface area contributed by atoms with E-state index in [9.17, 15) is 14.7 Å². The summed E-state index contributed by atoms with van der Waals surface area (Å²) in [6, 6.07) is 1.79. The highest BCUT2D eigenvalue weighted by atomic mass is 16.3. The van der Waals surface area contributed by atoms with Crippen molar-refractivity contribution in [3.8, 4) is 0 Å². The number of hydrogen-bond donors (Lipinski definition) is 2. The molecule has 0 aromatic carbocycles. The number of hydrogen-bond acceptors (Lipinski definition) is 4. The Morgan fingerprint density at radius 2 is 2.00 bits per heavy atom. The third kappa shape index (κ3) is 3.51. The highest BCUT2D eigenvalue weighted by molar-refractivity contribution is 5.99. The first-order valence-electron chi connectivity index (χ1n) is 7.40. The molecule has 1 saturated heterocycles. The standard InChI is InChI=1S/C15H23N3O3/c1-3-13(10-19)17-4-6-18(7-5-17)15(21)14-8-12(9-16-14)11(2)20/h8-9,13,16,19H,3-7,10H2,1-2H3. The van der Waals surface area contributed by atoms with E-state index < -0.39 is 0 Å². The summed E-state index contributed by atoms with van der Waals surface area (Å²) in [6.45, 7) is 6.52. The zero-order chi connectivity index (χ0) is 15.4. The molecule has 21 heavy (non-hydrogen) atoms. The van der Waals surface area contributed by atoms with Crippen LogP contribution in [0.5, 0.6) is 0 Å². The van der Waals surface area contributed by atoms with Gasteiger partial charge in [0, 0.05) is 44.0 Å². The van der Waals surface area contributed by atoms with Gasteiger partial charge in [0.15, 0.2) is 5.78 Å². The van der Waals surface area contributed by atoms with Gasteiger partial charge in [0.25, 0.3) is 5.91 Å². The molecule has 2 rings (SSSR count). The van der Waals surface area contributed by atoms with Crippen molar-refractivity contribution < 1.29 is 14.7 Å². The lowest BCUT2D eigenvalue weighted by atomic mass is 10.1. The molecule has 0 aliphatic carbocycles. The highest BCUT2D eigenvalue weighted by Gasteiger charge is 2.26. The van der Waals surface area contributed by atoms with Gasteiger partial charge in [-0.2, -0.15) is 0 Å². The third-order valence-electron chi connectivity index (χ3n) is 4.12. The normalized spacial score (nSPS) is 17.8. The van der Waals surface area contributed by atoms with E-state index in [1.165, 1.54) is 6.92 Å². The van der Waals surface area contributed by atoms with Crippen molar-refractivity contribution in [2.24, 2.45) is 0 Å². The smallest absolute Gasteiger partial charge is 0.270 e. The Hall–Kier alpha value is -1.66. The van der Waals surface area contributed by atoms with Crippen LogP contribution in [0.15, 0.2) is 12.3 Å². The predicted molar refractivity (Wildman–Crippen MR) is 79.4 cm³/mol. The monoisotopic (exact) mass is 293 g/mol. The Labute approximate surface area is 124 Å². The number of amides is 1. The van der Waals surface area contributed by atoms with Gasteiger partial charge in [-0.05, 0) is 19.4 Å². The Kier molecular flexibility index (Phi) is 5.14. The van der Waals surface area contributed by atoms with Gasteiger partial charge in [0.2, 0.25) is 0 Å². The molecule has 0 spiro atoms. The fraction of sp³-hybridized carbons (Fsp3) is 0.600. The number of nitrogens with one attached hydrogen (secondary N) is 1. The van der Waals surface area contributed by atoms with Crippen molar-refractivity contribution >= 4 is 11.7 Å². The van der Waals surface area contributed by atoms with Crippen molar-refractivity contribution in [1.82, 2.24) is 14.8 Å². The van der Waals surface area contributed by atoms with Crippen LogP contribution in [0, 0.1) is 0 Å². The highest BCUT2D eigenvalue weighted by Crippen LogP contribution is 2.13. The summed E-state index contributed by atoms with van der Waals surface area (Å²) in [5, 5.41) is 9.33. The zero-order valence-electron chi connectivity index (χ0n) is 12.6. The molecule has 6 nitrogen and oxygen atoms in total. The van der Waals surface area contributed by atoms with Crippen molar-refractivity contribution in [3.63, 3.8) is 0 Å². The second kappa shape index (κ2) is 6.87. The largest absolute Gasteiger partial charge is 0.395 e. The van der Waals surface area contributed by atoms with Crippen molar-refractivity contribution in [2.75, 3.05) is 32.8 Å². The second-order valence-corrected chi connectivity index (χ2v) is 5.43. The van der Waals surface area contributed by atoms with Crippen LogP contribution in [0.3, 0.4) is 0 Å². The number of carbonyl (C=O) groups excluding carboxylic acids is 2. The van der Waals surface area contributed by atoms with Gasteiger partial charge in [-0.15, -0.1) is 0 Å². The summed E-state index contributed by atoms with van der Waals surface area (Å²) in [6.07, 6.45) is 2.48. The molecule has 6 heteroatoms. The number of ketones is 1. The van der Waals surface area contributed by atoms with Crippen LogP contribution in [0.25, 0.3) is 0 Å². The lowest BCUT2D eigenvalue weighted by molar-refractivity contribution is 0.0468. The molecule has 2 heterocycles. The molecule has 1 aliphatic heterocycles. The van der Waals surface area contributed by atoms with Gasteiger partial charge in [-0.3, -0.25) is 14.5 Å². The van der Waals surface area contributed by atoms with Crippen LogP contribution in [-0.4, -0.2) is 70.4 Å². The molecule has 1 amide bonds. The van der Waals surface area contributed by atoms with Gasteiger partial charge in [-0.1, -0.05) is 6.92 Å². The molecule has 0 bridgehead atoms. The molecule has 1 aromatic heterocycles. The summed E-state index contributed by atoms with van der Waals surface area (Å²) < 4.78 is 0. The molecular weight excluding hydrogens is 270 g/mol. The Bertz CT molecular complexity index is 500. The maximum Gasteiger partial charge on any atom is 0.270 e. The topological polar surface area (TPSA) is 76.6 Å². The first-order chi connectivity index (χ1) is 10.1. The number of carbonyl (C=O) groups is 2. The number of Topliss-reactive ketones (excluding diaryl/α,β-unsaturated/α-hetero) is 1. The van der Waals surface area contributed by atoms with Gasteiger partial charge in [0.05, 0.1) is 6.61 Å². The fourth-order valence-corrected chi connectivity index (χ4v) is 2.68. The van der Waals surface area contributed by atoms with Crippen LogP contribution in [-0.2, 0) is 0 Å². The zero-order valence-corrected chi connectivity index (χ0v) is 12.6. The molecule has 1 aromatic rings. The fourth-order valence-electron chi connectivity index (χ4n) is 2.68. The van der Waals surface area contributed by atoms with E-state index in [1.54, 1.807) is 17.2 Å². The molecule has 1 aliphatic rings. The summed E-state index contributed by atoms with van der Waals surface area (Å²) >= 11 is 0. The maximum absolute atomic E-state index is 12.4. The number of rotatable bonds is 5. The lowest BCUT2D eigenvalue weighted by Crippen LogP contribution is -2.52.